The zero-order valence-electron chi connectivity index (χ0n) is 23.2. The van der Waals surface area contributed by atoms with Crippen LogP contribution in [0, 0.1) is 0 Å². The lowest BCUT2D eigenvalue weighted by Gasteiger charge is -2.04. The average Bonchev–Trinajstić information content (AvgIpc) is 3.64. The van der Waals surface area contributed by atoms with Crippen molar-refractivity contribution < 1.29 is 0 Å². The lowest BCUT2D eigenvalue weighted by atomic mass is 10.0. The van der Waals surface area contributed by atoms with Crippen molar-refractivity contribution in [3.63, 3.8) is 0 Å². The number of para-hydroxylation sites is 2. The van der Waals surface area contributed by atoms with Crippen LogP contribution < -0.4 is 28.8 Å². The Bertz CT molecular complexity index is 1790. The number of hydrazone groups is 1. The second kappa shape index (κ2) is 13.9. The SMILES string of the molecule is C/C(=N\N=C(N)N)c1c(-c2ccccc2)[nH]c2ccccc12.NN=C(N)N.c1ccc(-c2cc3ccccc3[nH]2)cc1. The number of H-pyrrole nitrogens is 2. The van der Waals surface area contributed by atoms with Crippen LogP contribution in [0.25, 0.3) is 44.3 Å². The van der Waals surface area contributed by atoms with Gasteiger partial charge in [0, 0.05) is 33.1 Å². The van der Waals surface area contributed by atoms with E-state index < -0.39 is 0 Å². The largest absolute Gasteiger partial charge is 0.369 e. The van der Waals surface area contributed by atoms with Gasteiger partial charge in [0.2, 0.25) is 11.9 Å². The number of hydrogen-bond donors (Lipinski definition) is 7. The number of aromatic nitrogens is 2. The minimum absolute atomic E-state index is 0.0551. The second-order valence-corrected chi connectivity index (χ2v) is 9.19. The van der Waals surface area contributed by atoms with E-state index >= 15 is 0 Å². The predicted octanol–water partition coefficient (Wildman–Crippen LogP) is 4.80. The summed E-state index contributed by atoms with van der Waals surface area (Å²) in [4.78, 5) is 6.87. The summed E-state index contributed by atoms with van der Waals surface area (Å²) < 4.78 is 0. The van der Waals surface area contributed by atoms with E-state index in [0.29, 0.717) is 0 Å². The Labute approximate surface area is 243 Å². The molecule has 0 bridgehead atoms. The maximum atomic E-state index is 5.37. The molecule has 0 saturated carbocycles. The highest BCUT2D eigenvalue weighted by Crippen LogP contribution is 2.31. The maximum Gasteiger partial charge on any atom is 0.211 e. The van der Waals surface area contributed by atoms with Crippen LogP contribution in [-0.4, -0.2) is 27.6 Å². The fraction of sp³-hybridized carbons (Fsp3) is 0.0312. The summed E-state index contributed by atoms with van der Waals surface area (Å²) in [7, 11) is 0. The summed E-state index contributed by atoms with van der Waals surface area (Å²) in [6, 6.07) is 39.1. The molecule has 42 heavy (non-hydrogen) atoms. The molecule has 0 fully saturated rings. The van der Waals surface area contributed by atoms with Gasteiger partial charge >= 0.3 is 0 Å². The van der Waals surface area contributed by atoms with E-state index in [2.05, 4.69) is 97.8 Å². The summed E-state index contributed by atoms with van der Waals surface area (Å²) in [5.41, 5.74) is 28.6. The highest BCUT2D eigenvalue weighted by atomic mass is 15.3. The fourth-order valence-electron chi connectivity index (χ4n) is 4.37. The molecule has 2 aromatic heterocycles. The zero-order chi connectivity index (χ0) is 29.9. The van der Waals surface area contributed by atoms with E-state index in [-0.39, 0.29) is 11.9 Å². The number of fused-ring (bicyclic) bond motifs is 2. The van der Waals surface area contributed by atoms with Gasteiger partial charge in [0.1, 0.15) is 0 Å². The molecule has 0 unspecified atom stereocenters. The number of guanidine groups is 2. The first-order chi connectivity index (χ1) is 20.4. The zero-order valence-corrected chi connectivity index (χ0v) is 23.2. The van der Waals surface area contributed by atoms with Crippen molar-refractivity contribution in [2.75, 3.05) is 0 Å². The molecule has 10 nitrogen and oxygen atoms in total. The molecular formula is C32H34N10. The molecular weight excluding hydrogens is 524 g/mol. The van der Waals surface area contributed by atoms with Gasteiger partial charge in [-0.2, -0.15) is 5.10 Å². The Hall–Kier alpha value is -6.03. The van der Waals surface area contributed by atoms with Crippen molar-refractivity contribution in [1.29, 1.82) is 0 Å². The lowest BCUT2D eigenvalue weighted by molar-refractivity contribution is 1.20. The summed E-state index contributed by atoms with van der Waals surface area (Å²) in [6.45, 7) is 1.90. The number of nitrogens with one attached hydrogen (secondary N) is 2. The molecule has 0 atom stereocenters. The quantitative estimate of drug-likeness (QED) is 0.0704. The van der Waals surface area contributed by atoms with Crippen LogP contribution in [0.4, 0.5) is 0 Å². The molecule has 0 radical (unpaired) electrons. The average molecular weight is 559 g/mol. The first-order valence-corrected chi connectivity index (χ1v) is 13.1. The summed E-state index contributed by atoms with van der Waals surface area (Å²) in [5, 5.41) is 13.1. The van der Waals surface area contributed by atoms with Crippen LogP contribution in [0.1, 0.15) is 12.5 Å². The van der Waals surface area contributed by atoms with Gasteiger partial charge < -0.3 is 38.7 Å². The van der Waals surface area contributed by atoms with Crippen LogP contribution in [0.5, 0.6) is 0 Å². The van der Waals surface area contributed by atoms with Crippen molar-refractivity contribution >= 4 is 39.4 Å². The predicted molar refractivity (Wildman–Crippen MR) is 175 cm³/mol. The summed E-state index contributed by atoms with van der Waals surface area (Å²) in [5.74, 6) is 4.36. The molecule has 12 N–H and O–H groups in total. The Morgan fingerprint density at radius 2 is 1.14 bits per heavy atom. The molecule has 6 aromatic rings. The van der Waals surface area contributed by atoms with Gasteiger partial charge in [-0.25, -0.2) is 0 Å². The van der Waals surface area contributed by atoms with Gasteiger partial charge in [-0.05, 0) is 36.2 Å². The van der Waals surface area contributed by atoms with Crippen LogP contribution in [0.2, 0.25) is 0 Å². The number of aromatic amines is 2. The third-order valence-electron chi connectivity index (χ3n) is 6.21. The minimum atomic E-state index is -0.0926. The number of hydrogen-bond acceptors (Lipinski definition) is 4. The van der Waals surface area contributed by atoms with E-state index in [1.807, 2.05) is 55.5 Å². The van der Waals surface area contributed by atoms with Crippen molar-refractivity contribution in [3.8, 4) is 22.5 Å². The van der Waals surface area contributed by atoms with Gasteiger partial charge in [0.05, 0.1) is 11.4 Å². The first kappa shape index (κ1) is 29.0. The Kier molecular flexibility index (Phi) is 9.55. The number of nitrogens with zero attached hydrogens (tertiary/aromatic N) is 3. The van der Waals surface area contributed by atoms with E-state index in [9.17, 15) is 0 Å². The van der Waals surface area contributed by atoms with Gasteiger partial charge in [0.25, 0.3) is 0 Å². The second-order valence-electron chi connectivity index (χ2n) is 9.19. The monoisotopic (exact) mass is 558 g/mol. The lowest BCUT2D eigenvalue weighted by Crippen LogP contribution is -2.23. The van der Waals surface area contributed by atoms with Crippen molar-refractivity contribution in [2.45, 2.75) is 6.92 Å². The van der Waals surface area contributed by atoms with Crippen molar-refractivity contribution in [1.82, 2.24) is 9.97 Å². The normalized spacial score (nSPS) is 10.6. The van der Waals surface area contributed by atoms with E-state index in [1.165, 1.54) is 22.2 Å². The maximum absolute atomic E-state index is 5.37. The van der Waals surface area contributed by atoms with Gasteiger partial charge in [-0.3, -0.25) is 0 Å². The smallest absolute Gasteiger partial charge is 0.211 e. The van der Waals surface area contributed by atoms with E-state index in [1.54, 1.807) is 0 Å². The third kappa shape index (κ3) is 7.33. The first-order valence-electron chi connectivity index (χ1n) is 13.1. The number of benzene rings is 4. The molecule has 2 heterocycles. The topological polar surface area (TPSA) is 199 Å². The molecule has 0 aliphatic rings. The summed E-state index contributed by atoms with van der Waals surface area (Å²) in [6.07, 6.45) is 0. The van der Waals surface area contributed by atoms with Crippen LogP contribution in [0.3, 0.4) is 0 Å². The van der Waals surface area contributed by atoms with Crippen LogP contribution in [0.15, 0.2) is 131 Å². The van der Waals surface area contributed by atoms with Crippen LogP contribution in [-0.2, 0) is 0 Å². The molecule has 4 aromatic carbocycles. The molecule has 6 rings (SSSR count). The molecule has 0 aliphatic carbocycles. The molecule has 212 valence electrons. The Morgan fingerprint density at radius 3 is 1.74 bits per heavy atom. The molecule has 0 saturated heterocycles. The molecule has 10 heteroatoms. The Balaban J connectivity index is 0.000000174. The molecule has 0 amide bonds. The number of rotatable bonds is 4. The molecule has 0 spiro atoms. The van der Waals surface area contributed by atoms with Gasteiger partial charge in [-0.1, -0.05) is 97.1 Å². The van der Waals surface area contributed by atoms with E-state index in [0.717, 1.165) is 33.4 Å². The highest BCUT2D eigenvalue weighted by Gasteiger charge is 2.15. The van der Waals surface area contributed by atoms with E-state index in [4.69, 9.17) is 22.9 Å². The Morgan fingerprint density at radius 1 is 0.595 bits per heavy atom. The van der Waals surface area contributed by atoms with Crippen molar-refractivity contribution in [3.05, 3.63) is 121 Å². The molecule has 0 aliphatic heterocycles. The highest BCUT2D eigenvalue weighted by molar-refractivity contribution is 6.14. The minimum Gasteiger partial charge on any atom is -0.369 e. The fourth-order valence-corrected chi connectivity index (χ4v) is 4.37. The third-order valence-corrected chi connectivity index (χ3v) is 6.21. The van der Waals surface area contributed by atoms with Crippen molar-refractivity contribution in [2.24, 2.45) is 44.1 Å². The van der Waals surface area contributed by atoms with Crippen LogP contribution >= 0.6 is 0 Å². The number of nitrogens with two attached hydrogens (primary N) is 5. The standard InChI is InChI=1S/C17H17N5.C14H11N.CH6N4/c1-11(21-22-17(18)19)15-13-9-5-6-10-14(13)20-16(15)12-7-3-2-4-8-12;1-2-6-11(7-3-1)14-10-12-8-4-5-9-13(12)15-14;2-1(3)5-4/h2-10,20H,1H3,(H4,18,19,22);1-10,15H;4H2,(H4,2,3,5)/b21-11+;;. The van der Waals surface area contributed by atoms with Gasteiger partial charge in [0.15, 0.2) is 0 Å². The summed E-state index contributed by atoms with van der Waals surface area (Å²) >= 11 is 0. The van der Waals surface area contributed by atoms with Gasteiger partial charge in [-0.15, -0.1) is 10.2 Å².